The number of aliphatic hydroxyl groups is 1. The van der Waals surface area contributed by atoms with Gasteiger partial charge in [-0.1, -0.05) is 6.92 Å². The van der Waals surface area contributed by atoms with Crippen LogP contribution in [0.4, 0.5) is 4.39 Å². The van der Waals surface area contributed by atoms with E-state index in [1.165, 1.54) is 6.92 Å². The van der Waals surface area contributed by atoms with Gasteiger partial charge in [0.15, 0.2) is 0 Å². The van der Waals surface area contributed by atoms with Crippen LogP contribution in [-0.2, 0) is 14.3 Å². The molecule has 5 aliphatic rings. The van der Waals surface area contributed by atoms with Crippen LogP contribution in [0.15, 0.2) is 0 Å². The van der Waals surface area contributed by atoms with Gasteiger partial charge < -0.3 is 14.6 Å². The largest absolute Gasteiger partial charge is 0.462 e. The molecule has 9 atom stereocenters. The maximum atomic E-state index is 14.2. The molecule has 1 N–H and O–H groups in total. The van der Waals surface area contributed by atoms with Crippen LogP contribution in [-0.4, -0.2) is 41.7 Å². The number of alkyl halides is 1. The first-order chi connectivity index (χ1) is 12.4. The summed E-state index contributed by atoms with van der Waals surface area (Å²) in [5.74, 6) is 1.24. The van der Waals surface area contributed by atoms with Crippen LogP contribution in [0.25, 0.3) is 0 Å². The van der Waals surface area contributed by atoms with Gasteiger partial charge in [-0.15, -0.1) is 0 Å². The molecule has 0 aromatic rings. The van der Waals surface area contributed by atoms with Crippen LogP contribution in [0.1, 0.15) is 65.2 Å². The van der Waals surface area contributed by atoms with Crippen LogP contribution in [0.3, 0.4) is 0 Å². The third-order valence-corrected chi connectivity index (χ3v) is 9.22. The number of fused-ring (bicyclic) bond motifs is 4. The van der Waals surface area contributed by atoms with Crippen molar-refractivity contribution in [2.24, 2.45) is 28.6 Å². The normalized spacial score (nSPS) is 57.4. The molecule has 0 aromatic heterocycles. The third-order valence-electron chi connectivity index (χ3n) is 9.22. The molecule has 26 heavy (non-hydrogen) atoms. The lowest BCUT2D eigenvalue weighted by molar-refractivity contribution is -0.164. The van der Waals surface area contributed by atoms with Crippen molar-refractivity contribution in [3.05, 3.63) is 0 Å². The minimum absolute atomic E-state index is 0.0180. The molecule has 1 heterocycles. The summed E-state index contributed by atoms with van der Waals surface area (Å²) in [7, 11) is 0. The maximum Gasteiger partial charge on any atom is 0.302 e. The van der Waals surface area contributed by atoms with Crippen LogP contribution in [0, 0.1) is 28.6 Å². The Morgan fingerprint density at radius 1 is 1.23 bits per heavy atom. The molecular weight excluding hydrogens is 335 g/mol. The predicted molar refractivity (Wildman–Crippen MR) is 93.1 cm³/mol. The van der Waals surface area contributed by atoms with E-state index in [1.807, 2.05) is 0 Å². The van der Waals surface area contributed by atoms with Crippen molar-refractivity contribution in [3.8, 4) is 0 Å². The quantitative estimate of drug-likeness (QED) is 0.601. The fourth-order valence-corrected chi connectivity index (χ4v) is 8.06. The molecular formula is C21H31FO4. The fourth-order valence-electron chi connectivity index (χ4n) is 8.06. The van der Waals surface area contributed by atoms with E-state index in [-0.39, 0.29) is 35.6 Å². The number of hydrogen-bond acceptors (Lipinski definition) is 4. The molecule has 1 aliphatic heterocycles. The Bertz CT molecular complexity index is 625. The lowest BCUT2D eigenvalue weighted by Crippen LogP contribution is -2.61. The average Bonchev–Trinajstić information content (AvgIpc) is 3.19. The Morgan fingerprint density at radius 2 is 2.04 bits per heavy atom. The molecule has 5 rings (SSSR count). The first-order valence-electron chi connectivity index (χ1n) is 10.5. The molecule has 146 valence electrons. The van der Waals surface area contributed by atoms with E-state index in [2.05, 4.69) is 6.92 Å². The van der Waals surface area contributed by atoms with Gasteiger partial charge in [-0.2, -0.15) is 0 Å². The molecule has 0 bridgehead atoms. The van der Waals surface area contributed by atoms with E-state index in [1.54, 1.807) is 0 Å². The molecule has 5 fully saturated rings. The number of carbonyl (C=O) groups is 1. The fraction of sp³-hybridized carbons (Fsp3) is 0.952. The van der Waals surface area contributed by atoms with Gasteiger partial charge in [0.25, 0.3) is 0 Å². The molecule has 9 unspecified atom stereocenters. The first-order valence-corrected chi connectivity index (χ1v) is 10.5. The number of ether oxygens (including phenoxy) is 2. The van der Waals surface area contributed by atoms with E-state index in [4.69, 9.17) is 9.47 Å². The van der Waals surface area contributed by atoms with E-state index < -0.39 is 11.8 Å². The van der Waals surface area contributed by atoms with Crippen molar-refractivity contribution in [1.82, 2.24) is 0 Å². The standard InChI is InChI=1S/C21H31FO4/c1-12(24)25-17-4-3-15-14-9-18-21(26-18)10-13(22)5-8-20(21,11-23)16(14)6-7-19(15,17)2/h13-18,23H,3-11H2,1-2H3. The van der Waals surface area contributed by atoms with E-state index in [0.29, 0.717) is 30.6 Å². The van der Waals surface area contributed by atoms with Crippen molar-refractivity contribution < 1.29 is 23.8 Å². The van der Waals surface area contributed by atoms with Crippen LogP contribution >= 0.6 is 0 Å². The zero-order chi connectivity index (χ0) is 18.3. The maximum absolute atomic E-state index is 14.2. The molecule has 5 heteroatoms. The van der Waals surface area contributed by atoms with Crippen LogP contribution < -0.4 is 0 Å². The molecule has 4 nitrogen and oxygen atoms in total. The van der Waals surface area contributed by atoms with Crippen LogP contribution in [0.2, 0.25) is 0 Å². The monoisotopic (exact) mass is 366 g/mol. The highest BCUT2D eigenvalue weighted by atomic mass is 19.1. The van der Waals surface area contributed by atoms with Crippen molar-refractivity contribution in [1.29, 1.82) is 0 Å². The summed E-state index contributed by atoms with van der Waals surface area (Å²) in [5, 5.41) is 10.5. The molecule has 0 amide bonds. The third kappa shape index (κ3) is 1.99. The lowest BCUT2D eigenvalue weighted by Gasteiger charge is -2.59. The Labute approximate surface area is 154 Å². The van der Waals surface area contributed by atoms with Gasteiger partial charge in [0, 0.05) is 24.2 Å². The summed E-state index contributed by atoms with van der Waals surface area (Å²) < 4.78 is 26.1. The summed E-state index contributed by atoms with van der Waals surface area (Å²) in [6.07, 6.45) is 6.20. The minimum atomic E-state index is -0.787. The number of esters is 1. The highest BCUT2D eigenvalue weighted by Gasteiger charge is 2.77. The molecule has 0 radical (unpaired) electrons. The Balaban J connectivity index is 1.47. The molecule has 4 aliphatic carbocycles. The van der Waals surface area contributed by atoms with Gasteiger partial charge in [-0.25, -0.2) is 4.39 Å². The van der Waals surface area contributed by atoms with E-state index >= 15 is 0 Å². The van der Waals surface area contributed by atoms with Gasteiger partial charge in [-0.05, 0) is 62.7 Å². The van der Waals surface area contributed by atoms with Gasteiger partial charge in [0.2, 0.25) is 0 Å². The number of carbonyl (C=O) groups excluding carboxylic acids is 1. The summed E-state index contributed by atoms with van der Waals surface area (Å²) in [6, 6.07) is 0. The Morgan fingerprint density at radius 3 is 2.77 bits per heavy atom. The number of halogens is 1. The highest BCUT2D eigenvalue weighted by molar-refractivity contribution is 5.66. The Hall–Kier alpha value is -0.680. The first kappa shape index (κ1) is 17.4. The summed E-state index contributed by atoms with van der Waals surface area (Å²) in [4.78, 5) is 11.6. The Kier molecular flexibility index (Phi) is 3.64. The zero-order valence-corrected chi connectivity index (χ0v) is 15.9. The van der Waals surface area contributed by atoms with Gasteiger partial charge in [-0.3, -0.25) is 4.79 Å². The van der Waals surface area contributed by atoms with Crippen molar-refractivity contribution in [2.45, 2.75) is 89.2 Å². The average molecular weight is 366 g/mol. The number of rotatable bonds is 2. The highest BCUT2D eigenvalue weighted by Crippen LogP contribution is 2.73. The van der Waals surface area contributed by atoms with Gasteiger partial charge >= 0.3 is 5.97 Å². The van der Waals surface area contributed by atoms with Crippen molar-refractivity contribution in [3.63, 3.8) is 0 Å². The molecule has 1 saturated heterocycles. The second kappa shape index (κ2) is 5.44. The minimum Gasteiger partial charge on any atom is -0.462 e. The second-order valence-corrected chi connectivity index (χ2v) is 9.98. The number of epoxide rings is 1. The number of hydrogen-bond donors (Lipinski definition) is 1. The SMILES string of the molecule is CC(=O)OC1CCC2C3CC4OC45CC(F)CCC5(CO)C3CCC12C. The predicted octanol–water partition coefficient (Wildman–Crippen LogP) is 3.40. The van der Waals surface area contributed by atoms with E-state index in [9.17, 15) is 14.3 Å². The zero-order valence-electron chi connectivity index (χ0n) is 15.9. The van der Waals surface area contributed by atoms with Gasteiger partial charge in [0.05, 0.1) is 12.7 Å². The smallest absolute Gasteiger partial charge is 0.302 e. The van der Waals surface area contributed by atoms with E-state index in [0.717, 1.165) is 38.5 Å². The van der Waals surface area contributed by atoms with Crippen molar-refractivity contribution in [2.75, 3.05) is 6.61 Å². The second-order valence-electron chi connectivity index (χ2n) is 9.98. The summed E-state index contributed by atoms with van der Waals surface area (Å²) in [5.41, 5.74) is -0.623. The molecule has 1 spiro atoms. The molecule has 0 aromatic carbocycles. The summed E-state index contributed by atoms with van der Waals surface area (Å²) in [6.45, 7) is 3.92. The lowest BCUT2D eigenvalue weighted by atomic mass is 9.44. The van der Waals surface area contributed by atoms with Crippen molar-refractivity contribution >= 4 is 5.97 Å². The number of aliphatic hydroxyl groups excluding tert-OH is 1. The topological polar surface area (TPSA) is 59.1 Å². The molecule has 4 saturated carbocycles. The van der Waals surface area contributed by atoms with Crippen LogP contribution in [0.5, 0.6) is 0 Å². The summed E-state index contributed by atoms with van der Waals surface area (Å²) >= 11 is 0. The van der Waals surface area contributed by atoms with Gasteiger partial charge in [0.1, 0.15) is 17.9 Å².